The summed E-state index contributed by atoms with van der Waals surface area (Å²) in [7, 11) is 0. The van der Waals surface area contributed by atoms with Crippen molar-refractivity contribution in [2.24, 2.45) is 0 Å². The summed E-state index contributed by atoms with van der Waals surface area (Å²) in [5.41, 5.74) is -1.67. The van der Waals surface area contributed by atoms with E-state index >= 15 is 0 Å². The first-order valence-corrected chi connectivity index (χ1v) is 3.75. The van der Waals surface area contributed by atoms with E-state index in [2.05, 4.69) is 0 Å². The lowest BCUT2D eigenvalue weighted by Gasteiger charge is -2.39. The number of ketones is 1. The molecule has 0 aromatic carbocycles. The molecule has 1 rings (SSSR count). The number of halogens is 3. The summed E-state index contributed by atoms with van der Waals surface area (Å²) in [4.78, 5) is 20.8. The van der Waals surface area contributed by atoms with Crippen LogP contribution in [-0.4, -0.2) is 23.9 Å². The van der Waals surface area contributed by atoms with Crippen LogP contribution in [0.25, 0.3) is 0 Å². The Bertz CT molecular complexity index is 232. The molecule has 1 saturated carbocycles. The molecule has 0 aromatic rings. The zero-order chi connectivity index (χ0) is 10.1. The number of carbonyl (C=O) groups excluding carboxylic acids is 2. The standard InChI is InChI=1S/C7H8F3NO2/c8-7(9,10)5(13)6(11-4-12)2-1-3-6/h4H,1-3H2,(H,11,12). The SMILES string of the molecule is O=CNC1(C(=O)C(F)(F)F)CCC1. The van der Waals surface area contributed by atoms with E-state index in [-0.39, 0.29) is 19.3 Å². The molecule has 0 unspecified atom stereocenters. The fraction of sp³-hybridized carbons (Fsp3) is 0.714. The Morgan fingerprint density at radius 2 is 1.92 bits per heavy atom. The highest BCUT2D eigenvalue weighted by Crippen LogP contribution is 2.37. The molecule has 6 heteroatoms. The van der Waals surface area contributed by atoms with Crippen LogP contribution >= 0.6 is 0 Å². The summed E-state index contributed by atoms with van der Waals surface area (Å²) in [6, 6.07) is 0. The Morgan fingerprint density at radius 3 is 2.15 bits per heavy atom. The Balaban J connectivity index is 2.77. The lowest BCUT2D eigenvalue weighted by atomic mass is 9.73. The maximum absolute atomic E-state index is 12.0. The lowest BCUT2D eigenvalue weighted by Crippen LogP contribution is -2.60. The van der Waals surface area contributed by atoms with E-state index in [1.807, 2.05) is 5.32 Å². The average Bonchev–Trinajstić information content (AvgIpc) is 1.93. The number of hydrogen-bond acceptors (Lipinski definition) is 2. The summed E-state index contributed by atoms with van der Waals surface area (Å²) in [6.45, 7) is 0. The minimum Gasteiger partial charge on any atom is -0.346 e. The quantitative estimate of drug-likeness (QED) is 0.676. The van der Waals surface area contributed by atoms with E-state index in [1.54, 1.807) is 0 Å². The molecule has 1 aliphatic carbocycles. The number of nitrogens with one attached hydrogen (secondary N) is 1. The second-order valence-corrected chi connectivity index (χ2v) is 3.02. The van der Waals surface area contributed by atoms with Gasteiger partial charge in [0.15, 0.2) is 0 Å². The van der Waals surface area contributed by atoms with E-state index in [9.17, 15) is 22.8 Å². The second kappa shape index (κ2) is 3.01. The smallest absolute Gasteiger partial charge is 0.346 e. The molecule has 74 valence electrons. The monoisotopic (exact) mass is 195 g/mol. The maximum atomic E-state index is 12.0. The van der Waals surface area contributed by atoms with Crippen molar-refractivity contribution in [1.29, 1.82) is 0 Å². The Labute approximate surface area is 72.3 Å². The first-order chi connectivity index (χ1) is 5.92. The van der Waals surface area contributed by atoms with Crippen LogP contribution in [0.4, 0.5) is 13.2 Å². The summed E-state index contributed by atoms with van der Waals surface area (Å²) in [5, 5.41) is 1.95. The Hall–Kier alpha value is -1.07. The van der Waals surface area contributed by atoms with Gasteiger partial charge >= 0.3 is 6.18 Å². The molecule has 1 amide bonds. The van der Waals surface area contributed by atoms with Gasteiger partial charge in [-0.05, 0) is 19.3 Å². The summed E-state index contributed by atoms with van der Waals surface area (Å²) < 4.78 is 35.9. The third kappa shape index (κ3) is 1.66. The zero-order valence-electron chi connectivity index (χ0n) is 6.65. The van der Waals surface area contributed by atoms with Crippen molar-refractivity contribution >= 4 is 12.2 Å². The van der Waals surface area contributed by atoms with Crippen molar-refractivity contribution < 1.29 is 22.8 Å². The molecule has 0 radical (unpaired) electrons. The van der Waals surface area contributed by atoms with Crippen LogP contribution in [-0.2, 0) is 9.59 Å². The third-order valence-electron chi connectivity index (χ3n) is 2.23. The van der Waals surface area contributed by atoms with Crippen LogP contribution < -0.4 is 5.32 Å². The topological polar surface area (TPSA) is 46.2 Å². The van der Waals surface area contributed by atoms with Crippen molar-refractivity contribution in [1.82, 2.24) is 5.32 Å². The minimum absolute atomic E-state index is 0.0735. The van der Waals surface area contributed by atoms with Crippen LogP contribution in [0.3, 0.4) is 0 Å². The van der Waals surface area contributed by atoms with Crippen molar-refractivity contribution in [3.05, 3.63) is 0 Å². The van der Waals surface area contributed by atoms with Crippen LogP contribution in [0.2, 0.25) is 0 Å². The maximum Gasteiger partial charge on any atom is 0.452 e. The highest BCUT2D eigenvalue weighted by atomic mass is 19.4. The largest absolute Gasteiger partial charge is 0.452 e. The number of amides is 1. The van der Waals surface area contributed by atoms with Crippen LogP contribution in [0.1, 0.15) is 19.3 Å². The van der Waals surface area contributed by atoms with Gasteiger partial charge in [0.2, 0.25) is 6.41 Å². The third-order valence-corrected chi connectivity index (χ3v) is 2.23. The predicted molar refractivity (Wildman–Crippen MR) is 36.8 cm³/mol. The molecule has 0 atom stereocenters. The number of rotatable bonds is 3. The molecule has 0 saturated heterocycles. The molecule has 0 aliphatic heterocycles. The summed E-state index contributed by atoms with van der Waals surface area (Å²) >= 11 is 0. The van der Waals surface area contributed by atoms with Gasteiger partial charge in [-0.25, -0.2) is 0 Å². The van der Waals surface area contributed by atoms with E-state index in [1.165, 1.54) is 0 Å². The van der Waals surface area contributed by atoms with Crippen LogP contribution in [0, 0.1) is 0 Å². The minimum atomic E-state index is -4.86. The van der Waals surface area contributed by atoms with Gasteiger partial charge in [-0.15, -0.1) is 0 Å². The molecule has 3 nitrogen and oxygen atoms in total. The molecule has 0 spiro atoms. The number of Topliss-reactive ketones (excluding diaryl/α,β-unsaturated/α-hetero) is 1. The number of hydrogen-bond donors (Lipinski definition) is 1. The van der Waals surface area contributed by atoms with Crippen molar-refractivity contribution in [3.63, 3.8) is 0 Å². The molecule has 1 aliphatic rings. The average molecular weight is 195 g/mol. The first kappa shape index (κ1) is 10.0. The normalized spacial score (nSPS) is 20.2. The van der Waals surface area contributed by atoms with Crippen molar-refractivity contribution in [2.45, 2.75) is 31.0 Å². The predicted octanol–water partition coefficient (Wildman–Crippen LogP) is 0.786. The second-order valence-electron chi connectivity index (χ2n) is 3.02. The summed E-state index contributed by atoms with van der Waals surface area (Å²) in [5.74, 6) is -1.85. The van der Waals surface area contributed by atoms with Gasteiger partial charge in [-0.2, -0.15) is 13.2 Å². The molecule has 13 heavy (non-hydrogen) atoms. The van der Waals surface area contributed by atoms with Gasteiger partial charge in [0.25, 0.3) is 5.78 Å². The Morgan fingerprint density at radius 1 is 1.38 bits per heavy atom. The van der Waals surface area contributed by atoms with Crippen LogP contribution in [0.15, 0.2) is 0 Å². The highest BCUT2D eigenvalue weighted by molar-refractivity contribution is 5.95. The van der Waals surface area contributed by atoms with Gasteiger partial charge in [-0.1, -0.05) is 0 Å². The van der Waals surface area contributed by atoms with E-state index < -0.39 is 17.5 Å². The van der Waals surface area contributed by atoms with E-state index in [0.717, 1.165) is 0 Å². The fourth-order valence-electron chi connectivity index (χ4n) is 1.35. The van der Waals surface area contributed by atoms with Crippen LogP contribution in [0.5, 0.6) is 0 Å². The van der Waals surface area contributed by atoms with Gasteiger partial charge in [-0.3, -0.25) is 9.59 Å². The van der Waals surface area contributed by atoms with Gasteiger partial charge < -0.3 is 5.32 Å². The molecular weight excluding hydrogens is 187 g/mol. The fourth-order valence-corrected chi connectivity index (χ4v) is 1.35. The molecule has 0 aromatic heterocycles. The Kier molecular flexibility index (Phi) is 2.32. The zero-order valence-corrected chi connectivity index (χ0v) is 6.65. The van der Waals surface area contributed by atoms with E-state index in [0.29, 0.717) is 6.42 Å². The van der Waals surface area contributed by atoms with Gasteiger partial charge in [0.1, 0.15) is 5.54 Å². The van der Waals surface area contributed by atoms with Gasteiger partial charge in [0.05, 0.1) is 0 Å². The van der Waals surface area contributed by atoms with Crippen molar-refractivity contribution in [3.8, 4) is 0 Å². The first-order valence-electron chi connectivity index (χ1n) is 3.75. The van der Waals surface area contributed by atoms with E-state index in [4.69, 9.17) is 0 Å². The molecular formula is C7H8F3NO2. The molecule has 0 heterocycles. The number of alkyl halides is 3. The van der Waals surface area contributed by atoms with Crippen molar-refractivity contribution in [2.75, 3.05) is 0 Å². The lowest BCUT2D eigenvalue weighted by molar-refractivity contribution is -0.182. The number of carbonyl (C=O) groups is 2. The highest BCUT2D eigenvalue weighted by Gasteiger charge is 2.55. The molecule has 0 bridgehead atoms. The van der Waals surface area contributed by atoms with Gasteiger partial charge in [0, 0.05) is 0 Å². The molecule has 1 N–H and O–H groups in total. The summed E-state index contributed by atoms with van der Waals surface area (Å²) in [6.07, 6.45) is -4.05. The molecule has 1 fully saturated rings.